The molecule has 0 aromatic rings. The minimum Gasteiger partial charge on any atom is -0.335 e. The van der Waals surface area contributed by atoms with Crippen molar-refractivity contribution >= 4 is 11.9 Å². The van der Waals surface area contributed by atoms with Crippen molar-refractivity contribution in [3.63, 3.8) is 0 Å². The third kappa shape index (κ3) is 3.22. The lowest BCUT2D eigenvalue weighted by atomic mass is 9.96. The zero-order valence-electron chi connectivity index (χ0n) is 8.92. The summed E-state index contributed by atoms with van der Waals surface area (Å²) in [6.07, 6.45) is 7.59. The molecule has 0 aromatic heterocycles. The van der Waals surface area contributed by atoms with Crippen molar-refractivity contribution in [3.05, 3.63) is 0 Å². The average Bonchev–Trinajstić information content (AvgIpc) is 3.01. The maximum atomic E-state index is 11.4. The van der Waals surface area contributed by atoms with Crippen LogP contribution in [-0.2, 0) is 4.79 Å². The summed E-state index contributed by atoms with van der Waals surface area (Å²) in [5.74, 6) is -0.00887. The van der Waals surface area contributed by atoms with Gasteiger partial charge in [-0.1, -0.05) is 19.3 Å². The SMILES string of the molecule is O=C(NC(=O)C1CC1)NC1CCCCC1. The van der Waals surface area contributed by atoms with Crippen LogP contribution in [0.2, 0.25) is 0 Å². The van der Waals surface area contributed by atoms with Gasteiger partial charge in [0.15, 0.2) is 0 Å². The number of amides is 3. The molecule has 2 fully saturated rings. The Labute approximate surface area is 89.8 Å². The fourth-order valence-electron chi connectivity index (χ4n) is 2.03. The Hall–Kier alpha value is -1.06. The van der Waals surface area contributed by atoms with Crippen LogP contribution in [0, 0.1) is 5.92 Å². The molecule has 2 saturated carbocycles. The van der Waals surface area contributed by atoms with E-state index in [1.54, 1.807) is 0 Å². The van der Waals surface area contributed by atoms with Gasteiger partial charge in [-0.25, -0.2) is 4.79 Å². The molecule has 0 bridgehead atoms. The van der Waals surface area contributed by atoms with E-state index in [0.717, 1.165) is 25.7 Å². The zero-order chi connectivity index (χ0) is 10.7. The first-order chi connectivity index (χ1) is 7.25. The molecule has 0 spiro atoms. The summed E-state index contributed by atoms with van der Waals surface area (Å²) in [5.41, 5.74) is 0. The molecule has 0 radical (unpaired) electrons. The highest BCUT2D eigenvalue weighted by molar-refractivity contribution is 5.96. The van der Waals surface area contributed by atoms with Crippen molar-refractivity contribution in [2.75, 3.05) is 0 Å². The van der Waals surface area contributed by atoms with E-state index in [1.165, 1.54) is 19.3 Å². The summed E-state index contributed by atoms with van der Waals surface area (Å²) in [5, 5.41) is 5.26. The Morgan fingerprint density at radius 2 is 1.60 bits per heavy atom. The first-order valence-electron chi connectivity index (χ1n) is 5.87. The van der Waals surface area contributed by atoms with E-state index < -0.39 is 0 Å². The number of imide groups is 1. The van der Waals surface area contributed by atoms with E-state index in [9.17, 15) is 9.59 Å². The van der Waals surface area contributed by atoms with Crippen LogP contribution >= 0.6 is 0 Å². The van der Waals surface area contributed by atoms with E-state index in [2.05, 4.69) is 10.6 Å². The Balaban J connectivity index is 1.68. The lowest BCUT2D eigenvalue weighted by Gasteiger charge is -2.22. The molecule has 15 heavy (non-hydrogen) atoms. The highest BCUT2D eigenvalue weighted by Crippen LogP contribution is 2.28. The lowest BCUT2D eigenvalue weighted by Crippen LogP contribution is -2.45. The van der Waals surface area contributed by atoms with Crippen molar-refractivity contribution in [2.24, 2.45) is 5.92 Å². The van der Waals surface area contributed by atoms with Crippen molar-refractivity contribution in [1.29, 1.82) is 0 Å². The largest absolute Gasteiger partial charge is 0.335 e. The first kappa shape index (κ1) is 10.5. The molecule has 4 nitrogen and oxygen atoms in total. The molecule has 2 aliphatic carbocycles. The Bertz CT molecular complexity index is 255. The third-order valence-electron chi connectivity index (χ3n) is 3.13. The van der Waals surface area contributed by atoms with Crippen molar-refractivity contribution in [3.8, 4) is 0 Å². The lowest BCUT2D eigenvalue weighted by molar-refractivity contribution is -0.121. The van der Waals surface area contributed by atoms with Gasteiger partial charge in [0.05, 0.1) is 0 Å². The van der Waals surface area contributed by atoms with Gasteiger partial charge in [-0.05, 0) is 25.7 Å². The maximum absolute atomic E-state index is 11.4. The Morgan fingerprint density at radius 1 is 0.933 bits per heavy atom. The summed E-state index contributed by atoms with van der Waals surface area (Å²) in [6, 6.07) is -0.0375. The van der Waals surface area contributed by atoms with Gasteiger partial charge in [0.1, 0.15) is 0 Å². The third-order valence-corrected chi connectivity index (χ3v) is 3.13. The summed E-state index contributed by atoms with van der Waals surface area (Å²) >= 11 is 0. The fraction of sp³-hybridized carbons (Fsp3) is 0.818. The van der Waals surface area contributed by atoms with Crippen LogP contribution in [-0.4, -0.2) is 18.0 Å². The molecule has 3 amide bonds. The fourth-order valence-corrected chi connectivity index (χ4v) is 2.03. The first-order valence-corrected chi connectivity index (χ1v) is 5.87. The Morgan fingerprint density at radius 3 is 2.20 bits per heavy atom. The van der Waals surface area contributed by atoms with E-state index in [-0.39, 0.29) is 23.9 Å². The molecule has 0 aromatic carbocycles. The molecule has 84 valence electrons. The molecule has 0 aliphatic heterocycles. The van der Waals surface area contributed by atoms with Gasteiger partial charge >= 0.3 is 6.03 Å². The van der Waals surface area contributed by atoms with Gasteiger partial charge in [0.2, 0.25) is 5.91 Å². The van der Waals surface area contributed by atoms with E-state index in [0.29, 0.717) is 0 Å². The van der Waals surface area contributed by atoms with Crippen molar-refractivity contribution in [1.82, 2.24) is 10.6 Å². The van der Waals surface area contributed by atoms with Crippen LogP contribution in [0.3, 0.4) is 0 Å². The van der Waals surface area contributed by atoms with E-state index in [1.807, 2.05) is 0 Å². The van der Waals surface area contributed by atoms with Gasteiger partial charge in [0, 0.05) is 12.0 Å². The number of carbonyl (C=O) groups excluding carboxylic acids is 2. The average molecular weight is 210 g/mol. The molecule has 2 aliphatic rings. The molecule has 2 rings (SSSR count). The summed E-state index contributed by atoms with van der Waals surface area (Å²) < 4.78 is 0. The van der Waals surface area contributed by atoms with E-state index in [4.69, 9.17) is 0 Å². The summed E-state index contributed by atoms with van der Waals surface area (Å²) in [4.78, 5) is 22.7. The van der Waals surface area contributed by atoms with Crippen molar-refractivity contribution in [2.45, 2.75) is 51.0 Å². The molecule has 4 heteroatoms. The zero-order valence-corrected chi connectivity index (χ0v) is 8.92. The molecule has 0 atom stereocenters. The maximum Gasteiger partial charge on any atom is 0.321 e. The molecular weight excluding hydrogens is 192 g/mol. The minimum absolute atomic E-state index is 0.0992. The standard InChI is InChI=1S/C11H18N2O2/c14-10(8-6-7-8)13-11(15)12-9-4-2-1-3-5-9/h8-9H,1-7H2,(H2,12,13,14,15). The number of nitrogens with one attached hydrogen (secondary N) is 2. The second-order valence-electron chi connectivity index (χ2n) is 4.57. The van der Waals surface area contributed by atoms with Gasteiger partial charge in [-0.2, -0.15) is 0 Å². The van der Waals surface area contributed by atoms with Crippen LogP contribution in [0.5, 0.6) is 0 Å². The number of hydrogen-bond acceptors (Lipinski definition) is 2. The van der Waals surface area contributed by atoms with Crippen molar-refractivity contribution < 1.29 is 9.59 Å². The van der Waals surface area contributed by atoms with Crippen LogP contribution in [0.1, 0.15) is 44.9 Å². The molecule has 0 heterocycles. The summed E-state index contributed by atoms with van der Waals surface area (Å²) in [7, 11) is 0. The number of rotatable bonds is 2. The van der Waals surface area contributed by atoms with Gasteiger partial charge in [-0.3, -0.25) is 10.1 Å². The topological polar surface area (TPSA) is 58.2 Å². The van der Waals surface area contributed by atoms with Crippen LogP contribution in [0.15, 0.2) is 0 Å². The van der Waals surface area contributed by atoms with Crippen LogP contribution in [0.4, 0.5) is 4.79 Å². The minimum atomic E-state index is -0.307. The predicted octanol–water partition coefficient (Wildman–Crippen LogP) is 1.55. The van der Waals surface area contributed by atoms with Gasteiger partial charge in [0.25, 0.3) is 0 Å². The monoisotopic (exact) mass is 210 g/mol. The number of hydrogen-bond donors (Lipinski definition) is 2. The number of urea groups is 1. The smallest absolute Gasteiger partial charge is 0.321 e. The highest BCUT2D eigenvalue weighted by Gasteiger charge is 2.31. The molecule has 2 N–H and O–H groups in total. The summed E-state index contributed by atoms with van der Waals surface area (Å²) in [6.45, 7) is 0. The van der Waals surface area contributed by atoms with Gasteiger partial charge in [-0.15, -0.1) is 0 Å². The predicted molar refractivity (Wildman–Crippen MR) is 56.3 cm³/mol. The van der Waals surface area contributed by atoms with Crippen LogP contribution < -0.4 is 10.6 Å². The molecule has 0 saturated heterocycles. The number of carbonyl (C=O) groups is 2. The molecular formula is C11H18N2O2. The normalized spacial score (nSPS) is 22.1. The highest BCUT2D eigenvalue weighted by atomic mass is 16.2. The van der Waals surface area contributed by atoms with E-state index >= 15 is 0 Å². The second-order valence-corrected chi connectivity index (χ2v) is 4.57. The molecule has 0 unspecified atom stereocenters. The van der Waals surface area contributed by atoms with Crippen LogP contribution in [0.25, 0.3) is 0 Å². The Kier molecular flexibility index (Phi) is 3.23. The van der Waals surface area contributed by atoms with Gasteiger partial charge < -0.3 is 5.32 Å². The second kappa shape index (κ2) is 4.64. The quantitative estimate of drug-likeness (QED) is 0.726.